The van der Waals surface area contributed by atoms with Crippen LogP contribution in [0.25, 0.3) is 16.9 Å². The molecular formula is C33H37F3N6O6. The molecule has 3 aliphatic heterocycles. The van der Waals surface area contributed by atoms with Gasteiger partial charge in [-0.1, -0.05) is 0 Å². The van der Waals surface area contributed by atoms with Gasteiger partial charge >= 0.3 is 6.18 Å². The van der Waals surface area contributed by atoms with Crippen LogP contribution in [0, 0.1) is 0 Å². The number of anilines is 2. The number of hydrogen-bond donors (Lipinski definition) is 1. The van der Waals surface area contributed by atoms with E-state index in [1.165, 1.54) is 33.3 Å². The summed E-state index contributed by atoms with van der Waals surface area (Å²) in [7, 11) is 2.94. The summed E-state index contributed by atoms with van der Waals surface area (Å²) in [6, 6.07) is 8.49. The zero-order valence-corrected chi connectivity index (χ0v) is 26.9. The van der Waals surface area contributed by atoms with Gasteiger partial charge in [0.15, 0.2) is 0 Å². The Morgan fingerprint density at radius 3 is 2.21 bits per heavy atom. The van der Waals surface area contributed by atoms with Gasteiger partial charge in [0.25, 0.3) is 5.56 Å². The number of hydrogen-bond acceptors (Lipinski definition) is 9. The van der Waals surface area contributed by atoms with E-state index in [1.807, 2.05) is 0 Å². The van der Waals surface area contributed by atoms with Gasteiger partial charge < -0.3 is 34.2 Å². The maximum atomic E-state index is 14.5. The number of rotatable bonds is 7. The summed E-state index contributed by atoms with van der Waals surface area (Å²) in [6.45, 7) is 3.69. The molecule has 2 aromatic carbocycles. The summed E-state index contributed by atoms with van der Waals surface area (Å²) in [6.07, 6.45) is -4.67. The molecule has 0 aliphatic carbocycles. The zero-order valence-electron chi connectivity index (χ0n) is 26.9. The van der Waals surface area contributed by atoms with E-state index >= 15 is 0 Å². The first-order valence-electron chi connectivity index (χ1n) is 15.7. The monoisotopic (exact) mass is 670 g/mol. The Balaban J connectivity index is 1.49. The number of nitrogens with zero attached hydrogens (tertiary/aromatic N) is 6. The van der Waals surface area contributed by atoms with Crippen LogP contribution in [0.5, 0.6) is 11.5 Å². The number of halogens is 3. The van der Waals surface area contributed by atoms with Crippen LogP contribution in [-0.4, -0.2) is 109 Å². The van der Waals surface area contributed by atoms with Crippen molar-refractivity contribution < 1.29 is 37.3 Å². The van der Waals surface area contributed by atoms with Gasteiger partial charge in [-0.05, 0) is 43.2 Å². The molecule has 48 heavy (non-hydrogen) atoms. The average molecular weight is 671 g/mol. The maximum absolute atomic E-state index is 14.5. The molecule has 2 saturated heterocycles. The Morgan fingerprint density at radius 1 is 0.958 bits per heavy atom. The Labute approximate surface area is 274 Å². The SMILES string of the molecule is COc1cc(OC)cc(-c2nn(-c3cc(N4CCC(O)C4)ccc3C(F)(F)F)c(=O)c3c2CCN3CC(=O)N2CCN(C(C)=O)CC2)c1. The molecule has 2 fully saturated rings. The van der Waals surface area contributed by atoms with Crippen molar-refractivity contribution in [2.24, 2.45) is 0 Å². The number of aliphatic hydroxyl groups is 1. The van der Waals surface area contributed by atoms with Gasteiger partial charge in [-0.15, -0.1) is 0 Å². The number of aromatic nitrogens is 2. The summed E-state index contributed by atoms with van der Waals surface area (Å²) in [4.78, 5) is 46.3. The molecule has 4 heterocycles. The maximum Gasteiger partial charge on any atom is 0.418 e. The fraction of sp³-hybridized carbons (Fsp3) is 0.455. The molecule has 1 unspecified atom stereocenters. The normalized spacial score (nSPS) is 17.9. The third-order valence-corrected chi connectivity index (χ3v) is 9.19. The quantitative estimate of drug-likeness (QED) is 0.405. The lowest BCUT2D eigenvalue weighted by atomic mass is 10.0. The lowest BCUT2D eigenvalue weighted by Crippen LogP contribution is -2.52. The number of carbonyl (C=O) groups is 2. The minimum Gasteiger partial charge on any atom is -0.497 e. The third kappa shape index (κ3) is 6.38. The molecule has 0 spiro atoms. The van der Waals surface area contributed by atoms with Crippen molar-refractivity contribution in [2.45, 2.75) is 32.0 Å². The number of amides is 2. The lowest BCUT2D eigenvalue weighted by molar-refractivity contribution is -0.137. The van der Waals surface area contributed by atoms with E-state index in [0.29, 0.717) is 73.9 Å². The number of carbonyl (C=O) groups excluding carboxylic acids is 2. The molecule has 0 saturated carbocycles. The lowest BCUT2D eigenvalue weighted by Gasteiger charge is -2.35. The Hall–Kier alpha value is -4.79. The highest BCUT2D eigenvalue weighted by Gasteiger charge is 2.38. The molecule has 1 aromatic heterocycles. The van der Waals surface area contributed by atoms with E-state index in [-0.39, 0.29) is 42.8 Å². The fourth-order valence-electron chi connectivity index (χ4n) is 6.61. The summed E-state index contributed by atoms with van der Waals surface area (Å²) >= 11 is 0. The summed E-state index contributed by atoms with van der Waals surface area (Å²) in [5, 5.41) is 14.7. The van der Waals surface area contributed by atoms with Crippen molar-refractivity contribution in [3.05, 3.63) is 57.9 Å². The molecular weight excluding hydrogens is 633 g/mol. The predicted octanol–water partition coefficient (Wildman–Crippen LogP) is 2.56. The van der Waals surface area contributed by atoms with Crippen LogP contribution < -0.4 is 24.8 Å². The smallest absolute Gasteiger partial charge is 0.418 e. The van der Waals surface area contributed by atoms with Crippen molar-refractivity contribution in [1.82, 2.24) is 19.6 Å². The Kier molecular flexibility index (Phi) is 8.98. The summed E-state index contributed by atoms with van der Waals surface area (Å²) in [5.74, 6) is 0.494. The Morgan fingerprint density at radius 2 is 1.62 bits per heavy atom. The van der Waals surface area contributed by atoms with Crippen molar-refractivity contribution in [3.63, 3.8) is 0 Å². The number of piperazine rings is 1. The molecule has 1 N–H and O–H groups in total. The van der Waals surface area contributed by atoms with Crippen LogP contribution in [0.4, 0.5) is 24.5 Å². The van der Waals surface area contributed by atoms with Crippen LogP contribution in [0.15, 0.2) is 41.2 Å². The van der Waals surface area contributed by atoms with Gasteiger partial charge in [0.05, 0.1) is 43.8 Å². The first-order valence-corrected chi connectivity index (χ1v) is 15.7. The van der Waals surface area contributed by atoms with Crippen LogP contribution in [-0.2, 0) is 22.2 Å². The highest BCUT2D eigenvalue weighted by Crippen LogP contribution is 2.39. The van der Waals surface area contributed by atoms with Crippen molar-refractivity contribution in [3.8, 4) is 28.4 Å². The highest BCUT2D eigenvalue weighted by molar-refractivity contribution is 5.84. The van der Waals surface area contributed by atoms with Crippen molar-refractivity contribution in [1.29, 1.82) is 0 Å². The predicted molar refractivity (Wildman–Crippen MR) is 171 cm³/mol. The highest BCUT2D eigenvalue weighted by atomic mass is 19.4. The van der Waals surface area contributed by atoms with Crippen molar-refractivity contribution >= 4 is 23.2 Å². The number of ether oxygens (including phenoxy) is 2. The van der Waals surface area contributed by atoms with Crippen LogP contribution in [0.3, 0.4) is 0 Å². The van der Waals surface area contributed by atoms with E-state index in [1.54, 1.807) is 37.8 Å². The van der Waals surface area contributed by atoms with Gasteiger partial charge in [-0.25, -0.2) is 0 Å². The second kappa shape index (κ2) is 13.0. The molecule has 256 valence electrons. The van der Waals surface area contributed by atoms with Crippen molar-refractivity contribution in [2.75, 3.05) is 76.4 Å². The largest absolute Gasteiger partial charge is 0.497 e. The van der Waals surface area contributed by atoms with E-state index in [0.717, 1.165) is 10.7 Å². The molecule has 1 atom stereocenters. The van der Waals surface area contributed by atoms with Gasteiger partial charge in [0.2, 0.25) is 11.8 Å². The summed E-state index contributed by atoms with van der Waals surface area (Å²) in [5.41, 5.74) is -0.619. The molecule has 0 bridgehead atoms. The third-order valence-electron chi connectivity index (χ3n) is 9.19. The van der Waals surface area contributed by atoms with Crippen LogP contribution in [0.1, 0.15) is 24.5 Å². The van der Waals surface area contributed by atoms with E-state index in [4.69, 9.17) is 9.47 Å². The summed E-state index contributed by atoms with van der Waals surface area (Å²) < 4.78 is 55.3. The Bertz CT molecular complexity index is 1770. The van der Waals surface area contributed by atoms with Crippen LogP contribution in [0.2, 0.25) is 0 Å². The molecule has 3 aliphatic rings. The number of methoxy groups -OCH3 is 2. The zero-order chi connectivity index (χ0) is 34.3. The molecule has 6 rings (SSSR count). The topological polar surface area (TPSA) is 121 Å². The average Bonchev–Trinajstić information content (AvgIpc) is 3.70. The van der Waals surface area contributed by atoms with E-state index < -0.39 is 29.1 Å². The van der Waals surface area contributed by atoms with Gasteiger partial charge in [0, 0.05) is 75.6 Å². The number of alkyl halides is 3. The standard InChI is InChI=1S/C33H37F3N6O6/c1-20(43)38-10-12-39(13-11-38)29(45)19-41-9-7-26-30(21-14-24(47-2)17-25(15-21)48-3)37-42(32(46)31(26)41)28-16-22(40-8-6-23(44)18-40)4-5-27(28)33(34,35)36/h4-5,14-17,23,44H,6-13,18-19H2,1-3H3. The fourth-order valence-corrected chi connectivity index (χ4v) is 6.61. The minimum atomic E-state index is -4.82. The van der Waals surface area contributed by atoms with E-state index in [2.05, 4.69) is 5.10 Å². The van der Waals surface area contributed by atoms with Gasteiger partial charge in [-0.2, -0.15) is 23.0 Å². The molecule has 12 nitrogen and oxygen atoms in total. The van der Waals surface area contributed by atoms with Gasteiger partial charge in [0.1, 0.15) is 17.2 Å². The van der Waals surface area contributed by atoms with E-state index in [9.17, 15) is 32.7 Å². The molecule has 0 radical (unpaired) electrons. The number of benzene rings is 2. The second-order valence-electron chi connectivity index (χ2n) is 12.1. The molecule has 15 heteroatoms. The second-order valence-corrected chi connectivity index (χ2v) is 12.1. The first-order chi connectivity index (χ1) is 22.9. The number of aliphatic hydroxyl groups excluding tert-OH is 1. The van der Waals surface area contributed by atoms with Gasteiger partial charge in [-0.3, -0.25) is 14.4 Å². The van der Waals surface area contributed by atoms with Crippen LogP contribution >= 0.6 is 0 Å². The first kappa shape index (κ1) is 33.1. The minimum absolute atomic E-state index is 0.0754. The number of β-amino-alcohol motifs (C(OH)–C–C–N with tert-alkyl or cyclic N) is 1. The molecule has 2 amide bonds. The number of fused-ring (bicyclic) bond motifs is 1. The molecule has 3 aromatic rings.